The molecule has 0 saturated heterocycles. The van der Waals surface area contributed by atoms with Crippen LogP contribution in [0.3, 0.4) is 0 Å². The number of alkyl halides is 6. The molecule has 0 aromatic heterocycles. The van der Waals surface area contributed by atoms with Gasteiger partial charge in [-0.1, -0.05) is 64.4 Å². The van der Waals surface area contributed by atoms with Crippen molar-refractivity contribution in [1.29, 1.82) is 0 Å². The number of primary amides is 1. The van der Waals surface area contributed by atoms with Crippen molar-refractivity contribution in [2.45, 2.75) is 115 Å². The summed E-state index contributed by atoms with van der Waals surface area (Å²) in [6, 6.07) is -1.68. The zero-order valence-corrected chi connectivity index (χ0v) is 25.4. The summed E-state index contributed by atoms with van der Waals surface area (Å²) in [4.78, 5) is 61.4. The number of unbranched alkanes of at least 4 members (excludes halogenated alkanes) is 8. The molecule has 0 fully saturated rings. The highest BCUT2D eigenvalue weighted by Gasteiger charge is 2.43. The van der Waals surface area contributed by atoms with E-state index in [9.17, 15) is 50.3 Å². The van der Waals surface area contributed by atoms with Crippen LogP contribution in [0.25, 0.3) is 0 Å². The third-order valence-corrected chi connectivity index (χ3v) is 6.91. The molecule has 4 N–H and O–H groups in total. The molecule has 1 aromatic carbocycles. The SMILES string of the molecule is CCCCCCCCCCCC(=O)N[C@@H](CCC(N)=O)C(=O)N[C@@H](C)C(=O)COC(=O)c1c(C(F)(F)F)cccc1C(F)(F)F. The zero-order chi connectivity index (χ0) is 34.2. The number of benzene rings is 1. The molecule has 0 aliphatic carbocycles. The van der Waals surface area contributed by atoms with E-state index in [-0.39, 0.29) is 31.4 Å². The highest BCUT2D eigenvalue weighted by molar-refractivity contribution is 5.97. The number of nitrogens with two attached hydrogens (primary N) is 1. The number of rotatable bonds is 20. The van der Waals surface area contributed by atoms with Gasteiger partial charge in [0.2, 0.25) is 17.7 Å². The van der Waals surface area contributed by atoms with Crippen LogP contribution < -0.4 is 16.4 Å². The lowest BCUT2D eigenvalue weighted by Gasteiger charge is -2.21. The average Bonchev–Trinajstić information content (AvgIpc) is 2.95. The molecule has 1 aromatic rings. The normalized spacial score (nSPS) is 13.1. The standard InChI is InChI=1S/C30H41F6N3O6/c1-3-4-5-6-7-8-9-10-11-15-25(42)39-22(16-17-24(37)41)27(43)38-19(2)23(40)18-45-28(44)26-20(29(31,32)33)13-12-14-21(26)30(34,35)36/h12-14,19,22H,3-11,15-18H2,1-2H3,(H2,37,41)(H,38,43)(H,39,42)/t19-,22-/m0/s1. The Morgan fingerprint density at radius 2 is 1.31 bits per heavy atom. The van der Waals surface area contributed by atoms with Crippen molar-refractivity contribution in [3.63, 3.8) is 0 Å². The lowest BCUT2D eigenvalue weighted by molar-refractivity contribution is -0.144. The molecule has 0 spiro atoms. The van der Waals surface area contributed by atoms with Gasteiger partial charge in [-0.2, -0.15) is 26.3 Å². The number of hydrogen-bond acceptors (Lipinski definition) is 6. The number of halogens is 6. The summed E-state index contributed by atoms with van der Waals surface area (Å²) in [5, 5.41) is 4.73. The Morgan fingerprint density at radius 3 is 1.80 bits per heavy atom. The maximum absolute atomic E-state index is 13.3. The largest absolute Gasteiger partial charge is 0.454 e. The third kappa shape index (κ3) is 14.8. The minimum absolute atomic E-state index is 0.111. The van der Waals surface area contributed by atoms with E-state index < -0.39 is 77.2 Å². The summed E-state index contributed by atoms with van der Waals surface area (Å²) in [7, 11) is 0. The van der Waals surface area contributed by atoms with Crippen molar-refractivity contribution in [2.75, 3.05) is 6.61 Å². The van der Waals surface area contributed by atoms with Gasteiger partial charge in [0.05, 0.1) is 22.7 Å². The maximum atomic E-state index is 13.3. The molecule has 3 amide bonds. The number of carbonyl (C=O) groups excluding carboxylic acids is 5. The molecule has 45 heavy (non-hydrogen) atoms. The molecule has 0 saturated carbocycles. The summed E-state index contributed by atoms with van der Waals surface area (Å²) in [6.45, 7) is 2.01. The van der Waals surface area contributed by atoms with E-state index in [1.165, 1.54) is 19.3 Å². The van der Waals surface area contributed by atoms with E-state index >= 15 is 0 Å². The number of ether oxygens (including phenoxy) is 1. The van der Waals surface area contributed by atoms with Crippen LogP contribution >= 0.6 is 0 Å². The fourth-order valence-corrected chi connectivity index (χ4v) is 4.39. The topological polar surface area (TPSA) is 145 Å². The van der Waals surface area contributed by atoms with E-state index in [0.717, 1.165) is 39.0 Å². The van der Waals surface area contributed by atoms with Crippen LogP contribution in [0.5, 0.6) is 0 Å². The van der Waals surface area contributed by atoms with Crippen molar-refractivity contribution in [3.8, 4) is 0 Å². The van der Waals surface area contributed by atoms with Crippen LogP contribution in [-0.2, 0) is 36.3 Å². The first-order chi connectivity index (χ1) is 21.0. The van der Waals surface area contributed by atoms with Crippen LogP contribution in [0, 0.1) is 0 Å². The molecule has 0 aliphatic heterocycles. The highest BCUT2D eigenvalue weighted by Crippen LogP contribution is 2.39. The fraction of sp³-hybridized carbons (Fsp3) is 0.633. The molecule has 2 atom stereocenters. The van der Waals surface area contributed by atoms with Gasteiger partial charge in [-0.15, -0.1) is 0 Å². The third-order valence-electron chi connectivity index (χ3n) is 6.91. The number of nitrogens with one attached hydrogen (secondary N) is 2. The molecule has 0 bridgehead atoms. The Hall–Kier alpha value is -3.65. The van der Waals surface area contributed by atoms with Crippen molar-refractivity contribution in [3.05, 3.63) is 34.9 Å². The van der Waals surface area contributed by atoms with Crippen LogP contribution in [-0.4, -0.2) is 48.2 Å². The molecule has 9 nitrogen and oxygen atoms in total. The number of esters is 1. The van der Waals surface area contributed by atoms with E-state index in [2.05, 4.69) is 22.3 Å². The van der Waals surface area contributed by atoms with Crippen LogP contribution in [0.2, 0.25) is 0 Å². The maximum Gasteiger partial charge on any atom is 0.417 e. The van der Waals surface area contributed by atoms with Gasteiger partial charge in [0.25, 0.3) is 0 Å². The number of amides is 3. The van der Waals surface area contributed by atoms with Crippen molar-refractivity contribution < 1.29 is 55.1 Å². The second-order valence-corrected chi connectivity index (χ2v) is 10.7. The summed E-state index contributed by atoms with van der Waals surface area (Å²) in [5.41, 5.74) is -0.446. The summed E-state index contributed by atoms with van der Waals surface area (Å²) >= 11 is 0. The Kier molecular flexibility index (Phi) is 16.6. The lowest BCUT2D eigenvalue weighted by atomic mass is 10.00. The van der Waals surface area contributed by atoms with Crippen LogP contribution in [0.1, 0.15) is 112 Å². The molecular weight excluding hydrogens is 612 g/mol. The summed E-state index contributed by atoms with van der Waals surface area (Å²) in [5.74, 6) is -5.23. The molecule has 254 valence electrons. The van der Waals surface area contributed by atoms with Crippen molar-refractivity contribution in [2.24, 2.45) is 5.73 Å². The minimum atomic E-state index is -5.33. The predicted molar refractivity (Wildman–Crippen MR) is 152 cm³/mol. The molecule has 0 unspecified atom stereocenters. The number of Topliss-reactive ketones (excluding diaryl/α,β-unsaturated/α-hetero) is 1. The highest BCUT2D eigenvalue weighted by atomic mass is 19.4. The van der Waals surface area contributed by atoms with E-state index in [4.69, 9.17) is 5.73 Å². The molecule has 0 aliphatic rings. The second-order valence-electron chi connectivity index (χ2n) is 10.7. The van der Waals surface area contributed by atoms with Gasteiger partial charge in [-0.25, -0.2) is 4.79 Å². The smallest absolute Gasteiger partial charge is 0.417 e. The lowest BCUT2D eigenvalue weighted by Crippen LogP contribution is -2.51. The first kappa shape index (κ1) is 39.4. The Morgan fingerprint density at radius 1 is 0.800 bits per heavy atom. The molecule has 15 heteroatoms. The summed E-state index contributed by atoms with van der Waals surface area (Å²) in [6.07, 6.45) is -1.81. The number of ketones is 1. The van der Waals surface area contributed by atoms with Crippen molar-refractivity contribution >= 4 is 29.5 Å². The van der Waals surface area contributed by atoms with E-state index in [0.29, 0.717) is 12.5 Å². The first-order valence-corrected chi connectivity index (χ1v) is 14.8. The van der Waals surface area contributed by atoms with Gasteiger partial charge in [-0.05, 0) is 31.9 Å². The van der Waals surface area contributed by atoms with Crippen LogP contribution in [0.4, 0.5) is 26.3 Å². The predicted octanol–water partition coefficient (Wildman–Crippen LogP) is 5.63. The van der Waals surface area contributed by atoms with E-state index in [1.807, 2.05) is 0 Å². The molecular formula is C30H41F6N3O6. The minimum Gasteiger partial charge on any atom is -0.454 e. The van der Waals surface area contributed by atoms with Gasteiger partial charge in [0.1, 0.15) is 6.04 Å². The molecule has 0 radical (unpaired) electrons. The Labute approximate surface area is 258 Å². The zero-order valence-electron chi connectivity index (χ0n) is 25.4. The number of carbonyl (C=O) groups is 5. The van der Waals surface area contributed by atoms with Gasteiger partial charge in [0, 0.05) is 12.8 Å². The monoisotopic (exact) mass is 653 g/mol. The second kappa shape index (κ2) is 19.0. The van der Waals surface area contributed by atoms with Crippen molar-refractivity contribution in [1.82, 2.24) is 10.6 Å². The van der Waals surface area contributed by atoms with E-state index in [1.54, 1.807) is 0 Å². The van der Waals surface area contributed by atoms with Crippen LogP contribution in [0.15, 0.2) is 18.2 Å². The van der Waals surface area contributed by atoms with Gasteiger partial charge < -0.3 is 21.1 Å². The quantitative estimate of drug-likeness (QED) is 0.0946. The molecule has 1 rings (SSSR count). The van der Waals surface area contributed by atoms with Gasteiger partial charge >= 0.3 is 18.3 Å². The fourth-order valence-electron chi connectivity index (χ4n) is 4.39. The Bertz CT molecular complexity index is 1120. The number of hydrogen-bond donors (Lipinski definition) is 3. The first-order valence-electron chi connectivity index (χ1n) is 14.8. The van der Waals surface area contributed by atoms with Gasteiger partial charge in [-0.3, -0.25) is 19.2 Å². The van der Waals surface area contributed by atoms with Gasteiger partial charge in [0.15, 0.2) is 12.4 Å². The molecule has 0 heterocycles. The Balaban J connectivity index is 2.75. The average molecular weight is 654 g/mol. The summed E-state index contributed by atoms with van der Waals surface area (Å²) < 4.78 is 84.6.